The molecule has 1 N–H and O–H groups in total. The van der Waals surface area contributed by atoms with E-state index in [2.05, 4.69) is 4.33 Å². The summed E-state index contributed by atoms with van der Waals surface area (Å²) in [6.07, 6.45) is 0. The van der Waals surface area contributed by atoms with Gasteiger partial charge in [0.1, 0.15) is 0 Å². The highest BCUT2D eigenvalue weighted by Gasteiger charge is 2.03. The summed E-state index contributed by atoms with van der Waals surface area (Å²) < 4.78 is 3.78. The zero-order chi connectivity index (χ0) is 8.97. The van der Waals surface area contributed by atoms with E-state index < -0.39 is 4.92 Å². The molecule has 1 aromatic rings. The van der Waals surface area contributed by atoms with Crippen LogP contribution in [-0.4, -0.2) is 10.2 Å². The molecule has 6 heteroatoms. The first-order valence-corrected chi connectivity index (χ1v) is 3.71. The van der Waals surface area contributed by atoms with Crippen molar-refractivity contribution in [1.82, 2.24) is 0 Å². The van der Waals surface area contributed by atoms with Crippen LogP contribution in [0, 0.1) is 10.1 Å². The van der Waals surface area contributed by atoms with Gasteiger partial charge < -0.3 is 0 Å². The molecule has 0 bridgehead atoms. The molecule has 0 saturated heterocycles. The molecule has 0 atom stereocenters. The fraction of sp³-hybridized carbons (Fsp3) is 0. The van der Waals surface area contributed by atoms with E-state index in [-0.39, 0.29) is 5.69 Å². The van der Waals surface area contributed by atoms with Crippen LogP contribution in [0.2, 0.25) is 0 Å². The van der Waals surface area contributed by atoms with Crippen LogP contribution in [-0.2, 0) is 4.33 Å². The summed E-state index contributed by atoms with van der Waals surface area (Å²) >= 11 is 0.729. The van der Waals surface area contributed by atoms with Gasteiger partial charge in [-0.05, 0) is 12.1 Å². The van der Waals surface area contributed by atoms with Crippen LogP contribution in [0.15, 0.2) is 29.2 Å². The quantitative estimate of drug-likeness (QED) is 0.339. The summed E-state index contributed by atoms with van der Waals surface area (Å²) in [7, 11) is 0. The molecule has 0 aliphatic heterocycles. The van der Waals surface area contributed by atoms with Crippen molar-refractivity contribution >= 4 is 17.7 Å². The van der Waals surface area contributed by atoms with Gasteiger partial charge in [0, 0.05) is 17.0 Å². The highest BCUT2D eigenvalue weighted by molar-refractivity contribution is 7.94. The molecule has 0 saturated carbocycles. The molecule has 5 nitrogen and oxygen atoms in total. The Hall–Kier alpha value is -1.11. The fourth-order valence-electron chi connectivity index (χ4n) is 0.666. The number of benzene rings is 1. The van der Waals surface area contributed by atoms with Gasteiger partial charge in [-0.2, -0.15) is 4.33 Å². The Balaban J connectivity index is 2.78. The van der Waals surface area contributed by atoms with Crippen molar-refractivity contribution in [3.63, 3.8) is 0 Å². The first kappa shape index (κ1) is 8.98. The molecule has 0 aliphatic carbocycles. The molecule has 0 aliphatic rings. The van der Waals surface area contributed by atoms with Crippen molar-refractivity contribution in [3.8, 4) is 0 Å². The van der Waals surface area contributed by atoms with Crippen molar-refractivity contribution < 1.29 is 14.5 Å². The lowest BCUT2D eigenvalue weighted by Gasteiger charge is -1.94. The van der Waals surface area contributed by atoms with E-state index in [0.717, 1.165) is 12.0 Å². The zero-order valence-electron chi connectivity index (χ0n) is 5.84. The predicted molar refractivity (Wildman–Crippen MR) is 42.7 cm³/mol. The number of hydrogen-bond acceptors (Lipinski definition) is 5. The first-order valence-electron chi connectivity index (χ1n) is 2.96. The molecular formula is C6H5NO4S. The molecule has 0 amide bonds. The van der Waals surface area contributed by atoms with Crippen molar-refractivity contribution in [2.24, 2.45) is 0 Å². The Bertz CT molecular complexity index is 273. The summed E-state index contributed by atoms with van der Waals surface area (Å²) in [5, 5.41) is 18.2. The van der Waals surface area contributed by atoms with E-state index in [1.54, 1.807) is 0 Å². The van der Waals surface area contributed by atoms with E-state index in [1.165, 1.54) is 24.3 Å². The number of nitrogens with zero attached hydrogens (tertiary/aromatic N) is 1. The van der Waals surface area contributed by atoms with Gasteiger partial charge in [-0.15, -0.1) is 0 Å². The highest BCUT2D eigenvalue weighted by atomic mass is 32.2. The molecule has 0 fully saturated rings. The van der Waals surface area contributed by atoms with Crippen LogP contribution in [0.1, 0.15) is 0 Å². The lowest BCUT2D eigenvalue weighted by Crippen LogP contribution is -1.86. The first-order chi connectivity index (χ1) is 5.74. The number of nitro groups is 1. The Morgan fingerprint density at radius 2 is 2.00 bits per heavy atom. The van der Waals surface area contributed by atoms with Crippen LogP contribution >= 0.6 is 12.0 Å². The number of rotatable bonds is 3. The molecular weight excluding hydrogens is 182 g/mol. The number of non-ortho nitro benzene ring substituents is 1. The SMILES string of the molecule is O=[N+]([O-])c1ccc(SOO)cc1. The minimum absolute atomic E-state index is 0.0114. The molecule has 0 spiro atoms. The maximum Gasteiger partial charge on any atom is 0.269 e. The average molecular weight is 187 g/mol. The molecule has 0 aromatic heterocycles. The normalized spacial score (nSPS) is 9.75. The molecule has 1 aromatic carbocycles. The van der Waals surface area contributed by atoms with E-state index in [4.69, 9.17) is 5.26 Å². The van der Waals surface area contributed by atoms with Crippen LogP contribution in [0.3, 0.4) is 0 Å². The molecule has 1 rings (SSSR count). The Labute approximate surface area is 72.3 Å². The van der Waals surface area contributed by atoms with Gasteiger partial charge in [0.25, 0.3) is 5.69 Å². The summed E-state index contributed by atoms with van der Waals surface area (Å²) in [5.41, 5.74) is 0.0114. The number of hydrogen-bond donors (Lipinski definition) is 1. The van der Waals surface area contributed by atoms with Crippen LogP contribution < -0.4 is 0 Å². The molecule has 0 radical (unpaired) electrons. The third-order valence-corrected chi connectivity index (χ3v) is 1.72. The van der Waals surface area contributed by atoms with E-state index >= 15 is 0 Å². The average Bonchev–Trinajstić information content (AvgIpc) is 2.06. The summed E-state index contributed by atoms with van der Waals surface area (Å²) in [5.74, 6) is 0. The third-order valence-electron chi connectivity index (χ3n) is 1.18. The van der Waals surface area contributed by atoms with Gasteiger partial charge >= 0.3 is 0 Å². The molecule has 0 heterocycles. The largest absolute Gasteiger partial charge is 0.269 e. The maximum atomic E-state index is 10.2. The lowest BCUT2D eigenvalue weighted by atomic mass is 10.3. The van der Waals surface area contributed by atoms with E-state index in [9.17, 15) is 10.1 Å². The standard InChI is InChI=1S/C6H5NO4S/c8-7(9)5-1-3-6(4-2-5)12-11-10/h1-4,10H. The van der Waals surface area contributed by atoms with Gasteiger partial charge in [0.15, 0.2) is 0 Å². The topological polar surface area (TPSA) is 72.6 Å². The van der Waals surface area contributed by atoms with Crippen LogP contribution in [0.5, 0.6) is 0 Å². The van der Waals surface area contributed by atoms with Crippen molar-refractivity contribution in [3.05, 3.63) is 34.4 Å². The molecule has 12 heavy (non-hydrogen) atoms. The fourth-order valence-corrected chi connectivity index (χ4v) is 1.000. The van der Waals surface area contributed by atoms with Crippen molar-refractivity contribution in [1.29, 1.82) is 0 Å². The molecule has 0 unspecified atom stereocenters. The third kappa shape index (κ3) is 2.19. The zero-order valence-corrected chi connectivity index (χ0v) is 6.65. The summed E-state index contributed by atoms with van der Waals surface area (Å²) in [6, 6.07) is 5.64. The Kier molecular flexibility index (Phi) is 3.03. The minimum Gasteiger partial charge on any atom is -0.258 e. The highest BCUT2D eigenvalue weighted by Crippen LogP contribution is 2.20. The lowest BCUT2D eigenvalue weighted by molar-refractivity contribution is -0.384. The van der Waals surface area contributed by atoms with Crippen LogP contribution in [0.4, 0.5) is 5.69 Å². The monoisotopic (exact) mass is 187 g/mol. The minimum atomic E-state index is -0.492. The second-order valence-electron chi connectivity index (χ2n) is 1.91. The van der Waals surface area contributed by atoms with Gasteiger partial charge in [-0.3, -0.25) is 10.1 Å². The smallest absolute Gasteiger partial charge is 0.258 e. The Morgan fingerprint density at radius 1 is 1.42 bits per heavy atom. The summed E-state index contributed by atoms with van der Waals surface area (Å²) in [4.78, 5) is 10.3. The van der Waals surface area contributed by atoms with Gasteiger partial charge in [0.2, 0.25) is 0 Å². The van der Waals surface area contributed by atoms with Gasteiger partial charge in [0.05, 0.1) is 17.0 Å². The second-order valence-corrected chi connectivity index (χ2v) is 2.70. The number of nitro benzene ring substituents is 1. The predicted octanol–water partition coefficient (Wildman–Crippen LogP) is 2.09. The summed E-state index contributed by atoms with van der Waals surface area (Å²) in [6.45, 7) is 0. The Morgan fingerprint density at radius 3 is 2.42 bits per heavy atom. The second kappa shape index (κ2) is 4.05. The van der Waals surface area contributed by atoms with Crippen molar-refractivity contribution in [2.45, 2.75) is 4.90 Å². The van der Waals surface area contributed by atoms with E-state index in [1.807, 2.05) is 0 Å². The van der Waals surface area contributed by atoms with Gasteiger partial charge in [-0.25, -0.2) is 5.26 Å². The van der Waals surface area contributed by atoms with Gasteiger partial charge in [-0.1, -0.05) is 0 Å². The van der Waals surface area contributed by atoms with E-state index in [0.29, 0.717) is 4.90 Å². The van der Waals surface area contributed by atoms with Crippen LogP contribution in [0.25, 0.3) is 0 Å². The maximum absolute atomic E-state index is 10.2. The molecule has 64 valence electrons. The van der Waals surface area contributed by atoms with Crippen molar-refractivity contribution in [2.75, 3.05) is 0 Å².